The van der Waals surface area contributed by atoms with Gasteiger partial charge in [-0.15, -0.1) is 0 Å². The largest absolute Gasteiger partial charge is 0.378 e. The number of anilines is 2. The Hall–Kier alpha value is -1.61. The normalized spacial score (nSPS) is 17.7. The lowest BCUT2D eigenvalue weighted by Gasteiger charge is -2.35. The van der Waals surface area contributed by atoms with Crippen LogP contribution in [0.15, 0.2) is 30.0 Å². The van der Waals surface area contributed by atoms with Crippen LogP contribution in [0.5, 0.6) is 0 Å². The number of hydrogen-bond donors (Lipinski definition) is 1. The molecule has 1 fully saturated rings. The van der Waals surface area contributed by atoms with Crippen LogP contribution in [0.2, 0.25) is 0 Å². The molecule has 2 amide bonds. The third-order valence-corrected chi connectivity index (χ3v) is 5.60. The molecular weight excluding hydrogens is 457 g/mol. The number of morpholine rings is 1. The van der Waals surface area contributed by atoms with Crippen molar-refractivity contribution in [3.05, 3.63) is 35.5 Å². The summed E-state index contributed by atoms with van der Waals surface area (Å²) in [4.78, 5) is 29.0. The van der Waals surface area contributed by atoms with E-state index in [1.807, 2.05) is 36.1 Å². The first kappa shape index (κ1) is 20.1. The topological polar surface area (TPSA) is 61.9 Å². The number of aryl methyl sites for hydroxylation is 1. The average molecular weight is 483 g/mol. The smallest absolute Gasteiger partial charge is 0.274 e. The minimum absolute atomic E-state index is 0.0362. The second-order valence-corrected chi connectivity index (χ2v) is 7.85. The van der Waals surface area contributed by atoms with Crippen molar-refractivity contribution < 1.29 is 14.3 Å². The van der Waals surface area contributed by atoms with Crippen LogP contribution in [-0.2, 0) is 14.3 Å². The molecule has 1 aromatic rings. The van der Waals surface area contributed by atoms with Crippen molar-refractivity contribution in [2.45, 2.75) is 26.2 Å². The van der Waals surface area contributed by atoms with Crippen molar-refractivity contribution in [1.29, 1.82) is 0 Å². The maximum absolute atomic E-state index is 13.0. The summed E-state index contributed by atoms with van der Waals surface area (Å²) in [5, 5.41) is 2.97. The lowest BCUT2D eigenvalue weighted by Crippen LogP contribution is -2.45. The summed E-state index contributed by atoms with van der Waals surface area (Å²) in [5.74, 6) is 0.0792. The van der Waals surface area contributed by atoms with Crippen molar-refractivity contribution in [3.63, 3.8) is 0 Å². The molecule has 3 rings (SSSR count). The van der Waals surface area contributed by atoms with E-state index in [0.717, 1.165) is 53.0 Å². The number of alkyl halides is 1. The molecule has 146 valence electrons. The molecule has 0 bridgehead atoms. The van der Waals surface area contributed by atoms with E-state index in [4.69, 9.17) is 4.74 Å². The zero-order valence-corrected chi connectivity index (χ0v) is 17.8. The number of amides is 2. The first-order chi connectivity index (χ1) is 13.1. The van der Waals surface area contributed by atoms with Crippen LogP contribution in [0, 0.1) is 6.92 Å². The SMILES string of the molecule is Cc1cc(N2CCC=C(N3CCOCC3)C2=O)ccc1NC(=O)CCCI. The molecule has 1 aromatic carbocycles. The molecule has 6 nitrogen and oxygen atoms in total. The molecule has 0 saturated carbocycles. The van der Waals surface area contributed by atoms with E-state index in [0.29, 0.717) is 26.2 Å². The molecule has 2 heterocycles. The highest BCUT2D eigenvalue weighted by atomic mass is 127. The average Bonchev–Trinajstić information content (AvgIpc) is 2.69. The van der Waals surface area contributed by atoms with Gasteiger partial charge in [0, 0.05) is 41.9 Å². The predicted molar refractivity (Wildman–Crippen MR) is 115 cm³/mol. The molecule has 2 aliphatic rings. The van der Waals surface area contributed by atoms with E-state index >= 15 is 0 Å². The van der Waals surface area contributed by atoms with Crippen molar-refractivity contribution in [2.75, 3.05) is 47.5 Å². The van der Waals surface area contributed by atoms with Gasteiger partial charge in [-0.3, -0.25) is 9.59 Å². The van der Waals surface area contributed by atoms with Crippen LogP contribution in [-0.4, -0.2) is 54.0 Å². The molecule has 0 aromatic heterocycles. The van der Waals surface area contributed by atoms with Gasteiger partial charge in [0.1, 0.15) is 0 Å². The number of hydrogen-bond acceptors (Lipinski definition) is 4. The number of halogens is 1. The molecule has 0 unspecified atom stereocenters. The van der Waals surface area contributed by atoms with Crippen LogP contribution in [0.25, 0.3) is 0 Å². The van der Waals surface area contributed by atoms with Gasteiger partial charge in [-0.2, -0.15) is 0 Å². The van der Waals surface area contributed by atoms with Gasteiger partial charge in [0.15, 0.2) is 0 Å². The predicted octanol–water partition coefficient (Wildman–Crippen LogP) is 3.10. The Morgan fingerprint density at radius 3 is 2.74 bits per heavy atom. The van der Waals surface area contributed by atoms with E-state index in [9.17, 15) is 9.59 Å². The number of ether oxygens (including phenoxy) is 1. The number of benzene rings is 1. The van der Waals surface area contributed by atoms with Crippen molar-refractivity contribution in [2.24, 2.45) is 0 Å². The third kappa shape index (κ3) is 5.01. The van der Waals surface area contributed by atoms with Crippen molar-refractivity contribution in [3.8, 4) is 0 Å². The Kier molecular flexibility index (Phi) is 7.12. The lowest BCUT2D eigenvalue weighted by molar-refractivity contribution is -0.118. The Morgan fingerprint density at radius 1 is 1.26 bits per heavy atom. The third-order valence-electron chi connectivity index (χ3n) is 4.84. The number of nitrogens with one attached hydrogen (secondary N) is 1. The fourth-order valence-electron chi connectivity index (χ4n) is 3.37. The Morgan fingerprint density at radius 2 is 2.04 bits per heavy atom. The highest BCUT2D eigenvalue weighted by Gasteiger charge is 2.28. The molecule has 2 aliphatic heterocycles. The van der Waals surface area contributed by atoms with Crippen molar-refractivity contribution in [1.82, 2.24) is 4.90 Å². The molecular formula is C20H26IN3O3. The Balaban J connectivity index is 1.70. The fourth-order valence-corrected chi connectivity index (χ4v) is 3.75. The molecule has 27 heavy (non-hydrogen) atoms. The number of carbonyl (C=O) groups excluding carboxylic acids is 2. The van der Waals surface area contributed by atoms with Crippen LogP contribution >= 0.6 is 22.6 Å². The molecule has 0 spiro atoms. The van der Waals surface area contributed by atoms with Crippen LogP contribution < -0.4 is 10.2 Å². The zero-order valence-electron chi connectivity index (χ0n) is 15.7. The minimum Gasteiger partial charge on any atom is -0.378 e. The lowest BCUT2D eigenvalue weighted by atomic mass is 10.1. The van der Waals surface area contributed by atoms with Crippen LogP contribution in [0.4, 0.5) is 11.4 Å². The fraction of sp³-hybridized carbons (Fsp3) is 0.500. The summed E-state index contributed by atoms with van der Waals surface area (Å²) in [6.45, 7) is 5.47. The zero-order chi connectivity index (χ0) is 19.2. The summed E-state index contributed by atoms with van der Waals surface area (Å²) < 4.78 is 6.36. The molecule has 1 N–H and O–H groups in total. The van der Waals surface area contributed by atoms with E-state index in [-0.39, 0.29) is 11.8 Å². The van der Waals surface area contributed by atoms with E-state index in [1.165, 1.54) is 0 Å². The second-order valence-electron chi connectivity index (χ2n) is 6.77. The van der Waals surface area contributed by atoms with Gasteiger partial charge >= 0.3 is 0 Å². The van der Waals surface area contributed by atoms with Gasteiger partial charge in [-0.1, -0.05) is 28.7 Å². The van der Waals surface area contributed by atoms with Crippen LogP contribution in [0.3, 0.4) is 0 Å². The van der Waals surface area contributed by atoms with E-state index in [2.05, 4.69) is 32.8 Å². The van der Waals surface area contributed by atoms with Gasteiger partial charge in [0.2, 0.25) is 5.91 Å². The maximum atomic E-state index is 13.0. The molecule has 0 aliphatic carbocycles. The monoisotopic (exact) mass is 483 g/mol. The summed E-state index contributed by atoms with van der Waals surface area (Å²) in [7, 11) is 0. The molecule has 1 saturated heterocycles. The number of rotatable bonds is 6. The van der Waals surface area contributed by atoms with Gasteiger partial charge in [-0.25, -0.2) is 0 Å². The first-order valence-corrected chi connectivity index (χ1v) is 10.9. The highest BCUT2D eigenvalue weighted by molar-refractivity contribution is 14.1. The highest BCUT2D eigenvalue weighted by Crippen LogP contribution is 2.27. The van der Waals surface area contributed by atoms with Crippen LogP contribution in [0.1, 0.15) is 24.8 Å². The second kappa shape index (κ2) is 9.54. The van der Waals surface area contributed by atoms with E-state index in [1.54, 1.807) is 0 Å². The first-order valence-electron chi connectivity index (χ1n) is 9.41. The maximum Gasteiger partial charge on any atom is 0.274 e. The van der Waals surface area contributed by atoms with Crippen molar-refractivity contribution >= 4 is 45.8 Å². The molecule has 0 atom stereocenters. The van der Waals surface area contributed by atoms with Gasteiger partial charge in [0.25, 0.3) is 5.91 Å². The Labute approximate surface area is 174 Å². The standard InChI is InChI=1S/C20H26IN3O3/c1-15-14-16(6-7-17(15)22-19(25)5-2-8-21)24-9-3-4-18(20(24)26)23-10-12-27-13-11-23/h4,6-7,14H,2-3,5,8-13H2,1H3,(H,22,25). The Bertz CT molecular complexity index is 729. The summed E-state index contributed by atoms with van der Waals surface area (Å²) in [5.41, 5.74) is 3.43. The quantitative estimate of drug-likeness (QED) is 0.499. The summed E-state index contributed by atoms with van der Waals surface area (Å²) in [6.07, 6.45) is 4.29. The van der Waals surface area contributed by atoms with E-state index < -0.39 is 0 Å². The molecule has 7 heteroatoms. The summed E-state index contributed by atoms with van der Waals surface area (Å²) >= 11 is 2.27. The minimum atomic E-state index is 0.0362. The summed E-state index contributed by atoms with van der Waals surface area (Å²) in [6, 6.07) is 5.79. The van der Waals surface area contributed by atoms with Gasteiger partial charge < -0.3 is 19.9 Å². The molecule has 0 radical (unpaired) electrons. The number of carbonyl (C=O) groups is 2. The number of nitrogens with zero attached hydrogens (tertiary/aromatic N) is 2. The van der Waals surface area contributed by atoms with Gasteiger partial charge in [-0.05, 0) is 43.5 Å². The van der Waals surface area contributed by atoms with Gasteiger partial charge in [0.05, 0.1) is 18.9 Å².